The monoisotopic (exact) mass is 568 g/mol. The van der Waals surface area contributed by atoms with Gasteiger partial charge in [-0.05, 0) is 51.1 Å². The molecule has 0 aliphatic heterocycles. The molecule has 0 atom stereocenters. The number of benzene rings is 2. The summed E-state index contributed by atoms with van der Waals surface area (Å²) >= 11 is 2.44. The molecule has 202 valence electrons. The Morgan fingerprint density at radius 2 is 1.87 bits per heavy atom. The number of carbonyl (C=O) groups is 2. The van der Waals surface area contributed by atoms with Crippen LogP contribution in [0.25, 0.3) is 5.69 Å². The zero-order valence-corrected chi connectivity index (χ0v) is 22.8. The highest BCUT2D eigenvalue weighted by Gasteiger charge is 2.19. The van der Waals surface area contributed by atoms with Gasteiger partial charge in [0.05, 0.1) is 23.8 Å². The third-order valence-corrected chi connectivity index (χ3v) is 6.97. The summed E-state index contributed by atoms with van der Waals surface area (Å²) in [4.78, 5) is 36.0. The quantitative estimate of drug-likeness (QED) is 0.155. The van der Waals surface area contributed by atoms with Crippen molar-refractivity contribution in [2.45, 2.75) is 32.5 Å². The van der Waals surface area contributed by atoms with Crippen molar-refractivity contribution in [1.82, 2.24) is 30.3 Å². The molecule has 4 aromatic rings. The average Bonchev–Trinajstić information content (AvgIpc) is 3.52. The lowest BCUT2D eigenvalue weighted by Gasteiger charge is -2.12. The van der Waals surface area contributed by atoms with E-state index in [-0.39, 0.29) is 29.5 Å². The van der Waals surface area contributed by atoms with Gasteiger partial charge in [-0.1, -0.05) is 29.2 Å². The second-order valence-corrected chi connectivity index (χ2v) is 10.2. The van der Waals surface area contributed by atoms with E-state index in [1.54, 1.807) is 30.5 Å². The average molecular weight is 569 g/mol. The molecular formula is C24H24N8O5S2. The minimum atomic E-state index is -0.527. The molecule has 2 N–H and O–H groups in total. The molecule has 4 rings (SSSR count). The van der Waals surface area contributed by atoms with Crippen molar-refractivity contribution in [2.24, 2.45) is 0 Å². The lowest BCUT2D eigenvalue weighted by Crippen LogP contribution is -2.25. The van der Waals surface area contributed by atoms with E-state index in [0.29, 0.717) is 39.7 Å². The van der Waals surface area contributed by atoms with Gasteiger partial charge in [-0.15, -0.1) is 20.4 Å². The van der Waals surface area contributed by atoms with Crippen molar-refractivity contribution < 1.29 is 19.2 Å². The summed E-state index contributed by atoms with van der Waals surface area (Å²) in [6.07, 6.45) is 0. The fourth-order valence-corrected chi connectivity index (χ4v) is 4.85. The van der Waals surface area contributed by atoms with Crippen molar-refractivity contribution in [1.29, 1.82) is 0 Å². The number of hydrogen-bond acceptors (Lipinski definition) is 11. The van der Waals surface area contributed by atoms with Crippen LogP contribution in [0.5, 0.6) is 5.75 Å². The van der Waals surface area contributed by atoms with Gasteiger partial charge in [0, 0.05) is 22.9 Å². The molecule has 2 heterocycles. The molecule has 2 aromatic heterocycles. The topological polar surface area (TPSA) is 167 Å². The maximum Gasteiger partial charge on any atom is 0.273 e. The van der Waals surface area contributed by atoms with E-state index in [4.69, 9.17) is 4.74 Å². The van der Waals surface area contributed by atoms with Gasteiger partial charge in [0.1, 0.15) is 10.8 Å². The predicted molar refractivity (Wildman–Crippen MR) is 146 cm³/mol. The summed E-state index contributed by atoms with van der Waals surface area (Å²) in [5, 5.41) is 34.5. The van der Waals surface area contributed by atoms with Crippen LogP contribution < -0.4 is 15.4 Å². The molecule has 0 bridgehead atoms. The maximum absolute atomic E-state index is 12.8. The van der Waals surface area contributed by atoms with Crippen LogP contribution in [-0.4, -0.2) is 54.1 Å². The largest absolute Gasteiger partial charge is 0.494 e. The van der Waals surface area contributed by atoms with Crippen molar-refractivity contribution in [2.75, 3.05) is 17.7 Å². The summed E-state index contributed by atoms with van der Waals surface area (Å²) in [6.45, 7) is 5.79. The number of anilines is 1. The van der Waals surface area contributed by atoms with Crippen LogP contribution in [0.3, 0.4) is 0 Å². The van der Waals surface area contributed by atoms with Crippen LogP contribution in [0.1, 0.15) is 33.7 Å². The molecular weight excluding hydrogens is 544 g/mol. The number of thioether (sulfide) groups is 1. The van der Waals surface area contributed by atoms with E-state index in [1.807, 2.05) is 19.1 Å². The Morgan fingerprint density at radius 1 is 1.10 bits per heavy atom. The van der Waals surface area contributed by atoms with Crippen LogP contribution >= 0.6 is 23.1 Å². The number of aryl methyl sites for hydroxylation is 2. The number of nitro benzene ring substituents is 1. The van der Waals surface area contributed by atoms with Crippen LogP contribution in [0.4, 0.5) is 10.8 Å². The molecule has 0 saturated carbocycles. The minimum absolute atomic E-state index is 0.0163. The van der Waals surface area contributed by atoms with Crippen LogP contribution in [-0.2, 0) is 11.3 Å². The smallest absolute Gasteiger partial charge is 0.273 e. The van der Waals surface area contributed by atoms with Crippen molar-refractivity contribution in [3.63, 3.8) is 0 Å². The minimum Gasteiger partial charge on any atom is -0.494 e. The first-order valence-electron chi connectivity index (χ1n) is 11.7. The van der Waals surface area contributed by atoms with E-state index >= 15 is 0 Å². The van der Waals surface area contributed by atoms with Crippen molar-refractivity contribution >= 4 is 45.7 Å². The van der Waals surface area contributed by atoms with Gasteiger partial charge in [0.15, 0.2) is 11.0 Å². The highest BCUT2D eigenvalue weighted by atomic mass is 32.2. The number of rotatable bonds is 11. The first kappa shape index (κ1) is 27.7. The van der Waals surface area contributed by atoms with Crippen molar-refractivity contribution in [3.8, 4) is 11.4 Å². The molecule has 13 nitrogen and oxygen atoms in total. The van der Waals surface area contributed by atoms with E-state index in [2.05, 4.69) is 31.0 Å². The Bertz CT molecular complexity index is 1500. The first-order chi connectivity index (χ1) is 18.7. The molecule has 0 spiro atoms. The molecule has 15 heteroatoms. The molecule has 0 aliphatic carbocycles. The summed E-state index contributed by atoms with van der Waals surface area (Å²) in [5.41, 5.74) is 1.17. The lowest BCUT2D eigenvalue weighted by molar-refractivity contribution is -0.385. The standard InChI is InChI=1S/C24H24N8O5S2/c1-4-37-18-9-7-17(8-10-18)31-20(12-25-22(34)16-6-5-14(2)19(11-16)32(35)36)28-30-24(31)38-13-21(33)26-23-29-27-15(3)39-23/h5-11H,4,12-13H2,1-3H3,(H,25,34)(H,26,29,33). The summed E-state index contributed by atoms with van der Waals surface area (Å²) in [6, 6.07) is 11.5. The van der Waals surface area contributed by atoms with E-state index in [9.17, 15) is 19.7 Å². The SMILES string of the molecule is CCOc1ccc(-n2c(CNC(=O)c3ccc(C)c([N+](=O)[O-])c3)nnc2SCC(=O)Nc2nnc(C)s2)cc1. The van der Waals surface area contributed by atoms with Crippen LogP contribution in [0.15, 0.2) is 47.6 Å². The van der Waals surface area contributed by atoms with Crippen LogP contribution in [0, 0.1) is 24.0 Å². The lowest BCUT2D eigenvalue weighted by atomic mass is 10.1. The zero-order valence-electron chi connectivity index (χ0n) is 21.2. The molecule has 0 unspecified atom stereocenters. The normalized spacial score (nSPS) is 10.7. The Morgan fingerprint density at radius 3 is 2.54 bits per heavy atom. The fraction of sp³-hybridized carbons (Fsp3) is 0.250. The van der Waals surface area contributed by atoms with E-state index in [1.165, 1.54) is 29.5 Å². The molecule has 0 radical (unpaired) electrons. The number of carbonyl (C=O) groups excluding carboxylic acids is 2. The van der Waals surface area contributed by atoms with Gasteiger partial charge in [-0.25, -0.2) is 0 Å². The Balaban J connectivity index is 1.53. The Hall–Kier alpha value is -4.37. The first-order valence-corrected chi connectivity index (χ1v) is 13.5. The number of amides is 2. The summed E-state index contributed by atoms with van der Waals surface area (Å²) in [5.74, 6) is 0.337. The van der Waals surface area contributed by atoms with E-state index < -0.39 is 10.8 Å². The number of nitro groups is 1. The second-order valence-electron chi connectivity index (χ2n) is 8.07. The van der Waals surface area contributed by atoms with Gasteiger partial charge >= 0.3 is 0 Å². The van der Waals surface area contributed by atoms with Gasteiger partial charge in [-0.2, -0.15) is 0 Å². The molecule has 0 aliphatic rings. The third-order valence-electron chi connectivity index (χ3n) is 5.29. The number of nitrogens with zero attached hydrogens (tertiary/aromatic N) is 6. The van der Waals surface area contributed by atoms with E-state index in [0.717, 1.165) is 16.8 Å². The summed E-state index contributed by atoms with van der Waals surface area (Å²) in [7, 11) is 0. The highest BCUT2D eigenvalue weighted by molar-refractivity contribution is 7.99. The summed E-state index contributed by atoms with van der Waals surface area (Å²) < 4.78 is 7.25. The van der Waals surface area contributed by atoms with Gasteiger partial charge < -0.3 is 10.1 Å². The van der Waals surface area contributed by atoms with Gasteiger partial charge in [-0.3, -0.25) is 29.6 Å². The molecule has 2 amide bonds. The number of aromatic nitrogens is 5. The van der Waals surface area contributed by atoms with Gasteiger partial charge in [0.2, 0.25) is 11.0 Å². The maximum atomic E-state index is 12.8. The predicted octanol–water partition coefficient (Wildman–Crippen LogP) is 3.70. The Labute approximate surface area is 231 Å². The number of hydrogen-bond donors (Lipinski definition) is 2. The fourth-order valence-electron chi connectivity index (χ4n) is 3.47. The molecule has 0 fully saturated rings. The van der Waals surface area contributed by atoms with Crippen LogP contribution in [0.2, 0.25) is 0 Å². The van der Waals surface area contributed by atoms with Gasteiger partial charge in [0.25, 0.3) is 11.6 Å². The number of ether oxygens (including phenoxy) is 1. The highest BCUT2D eigenvalue weighted by Crippen LogP contribution is 2.25. The number of nitrogens with one attached hydrogen (secondary N) is 2. The Kier molecular flexibility index (Phi) is 8.83. The second kappa shape index (κ2) is 12.4. The molecule has 39 heavy (non-hydrogen) atoms. The zero-order chi connectivity index (χ0) is 27.9. The molecule has 2 aromatic carbocycles. The van der Waals surface area contributed by atoms with Crippen molar-refractivity contribution in [3.05, 3.63) is 74.5 Å². The molecule has 0 saturated heterocycles. The third kappa shape index (κ3) is 6.94.